The van der Waals surface area contributed by atoms with E-state index < -0.39 is 53.1 Å². The molecule has 0 bridgehead atoms. The Morgan fingerprint density at radius 2 is 1.40 bits per heavy atom. The number of benzene rings is 2. The van der Waals surface area contributed by atoms with Gasteiger partial charge in [-0.05, 0) is 53.4 Å². The molecule has 0 aliphatic carbocycles. The molecular weight excluding hydrogens is 672 g/mol. The van der Waals surface area contributed by atoms with E-state index in [1.807, 2.05) is 120 Å². The summed E-state index contributed by atoms with van der Waals surface area (Å²) in [5, 5.41) is 20.8. The first-order chi connectivity index (χ1) is 25.1. The molecular formula is C41H56N6O6. The average Bonchev–Trinajstić information content (AvgIpc) is 3.44. The van der Waals surface area contributed by atoms with Crippen LogP contribution >= 0.6 is 0 Å². The first-order valence-corrected chi connectivity index (χ1v) is 18.2. The molecule has 0 radical (unpaired) electrons. The smallest absolute Gasteiger partial charge is 0.407 e. The SMILES string of the molecule is COC(=O)NC(C(=O)NC(Cc1ccccc1)C(O)CC(Cc1ccccc1)NC(=O)C(N1CCN(Cc2ccccn2)C1=O)C(C)(C)C)C(C)(C)C. The largest absolute Gasteiger partial charge is 0.453 e. The number of ether oxygens (including phenoxy) is 1. The van der Waals surface area contributed by atoms with Gasteiger partial charge in [-0.15, -0.1) is 0 Å². The molecule has 3 aromatic rings. The Bertz CT molecular complexity index is 1640. The van der Waals surface area contributed by atoms with Gasteiger partial charge in [-0.25, -0.2) is 9.59 Å². The van der Waals surface area contributed by atoms with Crippen LogP contribution in [0.2, 0.25) is 0 Å². The Labute approximate surface area is 313 Å². The molecule has 1 aliphatic rings. The Kier molecular flexibility index (Phi) is 14.0. The lowest BCUT2D eigenvalue weighted by Gasteiger charge is -2.38. The van der Waals surface area contributed by atoms with E-state index in [0.717, 1.165) is 16.8 Å². The molecule has 2 heterocycles. The van der Waals surface area contributed by atoms with E-state index in [1.165, 1.54) is 7.11 Å². The Morgan fingerprint density at radius 1 is 0.792 bits per heavy atom. The second kappa shape index (κ2) is 18.2. The van der Waals surface area contributed by atoms with Crippen molar-refractivity contribution in [1.82, 2.24) is 30.7 Å². The Balaban J connectivity index is 1.59. The van der Waals surface area contributed by atoms with Gasteiger partial charge in [-0.2, -0.15) is 0 Å². The molecule has 12 heteroatoms. The summed E-state index contributed by atoms with van der Waals surface area (Å²) in [4.78, 5) is 61.9. The monoisotopic (exact) mass is 728 g/mol. The van der Waals surface area contributed by atoms with Crippen LogP contribution in [0.5, 0.6) is 0 Å². The highest BCUT2D eigenvalue weighted by Gasteiger charge is 2.44. The molecule has 1 saturated heterocycles. The number of amides is 5. The molecule has 1 aromatic heterocycles. The first kappa shape index (κ1) is 40.8. The molecule has 1 fully saturated rings. The number of hydrogen-bond donors (Lipinski definition) is 4. The number of hydrogen-bond acceptors (Lipinski definition) is 7. The summed E-state index contributed by atoms with van der Waals surface area (Å²) in [5.74, 6) is -0.792. The second-order valence-electron chi connectivity index (χ2n) is 15.9. The van der Waals surface area contributed by atoms with E-state index in [0.29, 0.717) is 32.5 Å². The highest BCUT2D eigenvalue weighted by atomic mass is 16.5. The van der Waals surface area contributed by atoms with Crippen LogP contribution in [0.1, 0.15) is 64.8 Å². The molecule has 5 atom stereocenters. The van der Waals surface area contributed by atoms with Gasteiger partial charge >= 0.3 is 12.1 Å². The van der Waals surface area contributed by atoms with Crippen LogP contribution in [0.25, 0.3) is 0 Å². The second-order valence-corrected chi connectivity index (χ2v) is 15.9. The number of nitrogens with zero attached hydrogens (tertiary/aromatic N) is 3. The molecule has 5 unspecified atom stereocenters. The number of urea groups is 1. The van der Waals surface area contributed by atoms with Crippen molar-refractivity contribution in [1.29, 1.82) is 0 Å². The van der Waals surface area contributed by atoms with Gasteiger partial charge < -0.3 is 35.6 Å². The molecule has 53 heavy (non-hydrogen) atoms. The number of methoxy groups -OCH3 is 1. The quantitative estimate of drug-likeness (QED) is 0.177. The summed E-state index contributed by atoms with van der Waals surface area (Å²) >= 11 is 0. The van der Waals surface area contributed by atoms with Crippen molar-refractivity contribution in [3.63, 3.8) is 0 Å². The maximum Gasteiger partial charge on any atom is 0.407 e. The number of alkyl carbamates (subject to hydrolysis) is 1. The number of aliphatic hydroxyl groups excluding tert-OH is 1. The zero-order chi connectivity index (χ0) is 38.8. The van der Waals surface area contributed by atoms with Crippen LogP contribution in [0, 0.1) is 10.8 Å². The minimum atomic E-state index is -1.11. The van der Waals surface area contributed by atoms with Gasteiger partial charge in [-0.1, -0.05) is 108 Å². The predicted molar refractivity (Wildman–Crippen MR) is 204 cm³/mol. The summed E-state index contributed by atoms with van der Waals surface area (Å²) in [7, 11) is 1.23. The van der Waals surface area contributed by atoms with Crippen molar-refractivity contribution in [2.45, 2.75) is 97.6 Å². The van der Waals surface area contributed by atoms with Crippen molar-refractivity contribution >= 4 is 23.9 Å². The summed E-state index contributed by atoms with van der Waals surface area (Å²) in [6.45, 7) is 12.5. The van der Waals surface area contributed by atoms with Crippen LogP contribution in [0.15, 0.2) is 85.1 Å². The van der Waals surface area contributed by atoms with Crippen molar-refractivity contribution in [3.05, 3.63) is 102 Å². The fourth-order valence-corrected chi connectivity index (χ4v) is 6.77. The van der Waals surface area contributed by atoms with Gasteiger partial charge in [0, 0.05) is 25.3 Å². The number of rotatable bonds is 15. The van der Waals surface area contributed by atoms with Crippen molar-refractivity contribution in [2.24, 2.45) is 10.8 Å². The minimum absolute atomic E-state index is 0.0969. The zero-order valence-corrected chi connectivity index (χ0v) is 32.0. The normalized spacial score (nSPS) is 16.3. The van der Waals surface area contributed by atoms with Crippen LogP contribution in [0.4, 0.5) is 9.59 Å². The lowest BCUT2D eigenvalue weighted by molar-refractivity contribution is -0.130. The van der Waals surface area contributed by atoms with Gasteiger partial charge in [0.25, 0.3) is 0 Å². The maximum atomic E-state index is 14.4. The van der Waals surface area contributed by atoms with Crippen LogP contribution < -0.4 is 16.0 Å². The fourth-order valence-electron chi connectivity index (χ4n) is 6.77. The Morgan fingerprint density at radius 3 is 1.94 bits per heavy atom. The van der Waals surface area contributed by atoms with Crippen molar-refractivity contribution < 1.29 is 29.0 Å². The van der Waals surface area contributed by atoms with Crippen molar-refractivity contribution in [3.8, 4) is 0 Å². The van der Waals surface area contributed by atoms with E-state index in [4.69, 9.17) is 4.74 Å². The average molecular weight is 729 g/mol. The molecule has 5 amide bonds. The van der Waals surface area contributed by atoms with E-state index in [1.54, 1.807) is 16.0 Å². The van der Waals surface area contributed by atoms with Crippen LogP contribution in [-0.4, -0.2) is 94.3 Å². The lowest BCUT2D eigenvalue weighted by atomic mass is 9.84. The molecule has 0 spiro atoms. The van der Waals surface area contributed by atoms with Gasteiger partial charge in [-0.3, -0.25) is 14.6 Å². The number of nitrogens with one attached hydrogen (secondary N) is 3. The van der Waals surface area contributed by atoms with E-state index >= 15 is 0 Å². The summed E-state index contributed by atoms with van der Waals surface area (Å²) in [6.07, 6.45) is 0.643. The summed E-state index contributed by atoms with van der Waals surface area (Å²) < 4.78 is 4.79. The number of carbonyl (C=O) groups excluding carboxylic acids is 4. The number of aliphatic hydroxyl groups is 1. The van der Waals surface area contributed by atoms with Gasteiger partial charge in [0.15, 0.2) is 0 Å². The molecule has 0 saturated carbocycles. The highest BCUT2D eigenvalue weighted by Crippen LogP contribution is 2.29. The lowest BCUT2D eigenvalue weighted by Crippen LogP contribution is -2.59. The number of carbonyl (C=O) groups is 4. The zero-order valence-electron chi connectivity index (χ0n) is 32.0. The molecule has 1 aliphatic heterocycles. The standard InChI is InChI=1S/C41H56N6O6/c1-40(2,3)34(45-38(51)53-7)36(49)44-32(25-29-18-12-9-13-19-29)33(48)26-31(24-28-16-10-8-11-17-28)43-37(50)35(41(4,5)6)47-23-22-46(39(47)52)27-30-20-14-15-21-42-30/h8-21,31-35,48H,22-27H2,1-7H3,(H,43,50)(H,44,49)(H,45,51). The third-order valence-electron chi connectivity index (χ3n) is 9.45. The fraction of sp³-hybridized carbons (Fsp3) is 0.488. The summed E-state index contributed by atoms with van der Waals surface area (Å²) in [6, 6.07) is 21.4. The maximum absolute atomic E-state index is 14.4. The number of pyridine rings is 1. The molecule has 4 rings (SSSR count). The highest BCUT2D eigenvalue weighted by molar-refractivity contribution is 5.89. The van der Waals surface area contributed by atoms with Crippen LogP contribution in [-0.2, 0) is 33.7 Å². The topological polar surface area (TPSA) is 153 Å². The third-order valence-corrected chi connectivity index (χ3v) is 9.45. The molecule has 286 valence electrons. The molecule has 4 N–H and O–H groups in total. The first-order valence-electron chi connectivity index (χ1n) is 18.2. The minimum Gasteiger partial charge on any atom is -0.453 e. The molecule has 12 nitrogen and oxygen atoms in total. The van der Waals surface area contributed by atoms with Gasteiger partial charge in [0.1, 0.15) is 12.1 Å². The van der Waals surface area contributed by atoms with Crippen molar-refractivity contribution in [2.75, 3.05) is 20.2 Å². The Hall–Kier alpha value is -4.97. The number of aromatic nitrogens is 1. The predicted octanol–water partition coefficient (Wildman–Crippen LogP) is 4.71. The van der Waals surface area contributed by atoms with E-state index in [9.17, 15) is 24.3 Å². The molecule has 2 aromatic carbocycles. The third kappa shape index (κ3) is 11.8. The van der Waals surface area contributed by atoms with E-state index in [-0.39, 0.29) is 18.4 Å². The van der Waals surface area contributed by atoms with Crippen LogP contribution in [0.3, 0.4) is 0 Å². The summed E-state index contributed by atoms with van der Waals surface area (Å²) in [5.41, 5.74) is 1.32. The van der Waals surface area contributed by atoms with Gasteiger partial charge in [0.05, 0.1) is 31.5 Å². The van der Waals surface area contributed by atoms with E-state index in [2.05, 4.69) is 20.9 Å². The van der Waals surface area contributed by atoms with Gasteiger partial charge in [0.2, 0.25) is 11.8 Å².